The van der Waals surface area contributed by atoms with Crippen LogP contribution in [-0.4, -0.2) is 32.9 Å². The van der Waals surface area contributed by atoms with Crippen molar-refractivity contribution in [1.29, 1.82) is 0 Å². The normalized spacial score (nSPS) is 7.64. The zero-order chi connectivity index (χ0) is 14.1. The van der Waals surface area contributed by atoms with E-state index in [9.17, 15) is 0 Å². The monoisotopic (exact) mass is 358 g/mol. The van der Waals surface area contributed by atoms with Crippen LogP contribution < -0.4 is 15.5 Å². The van der Waals surface area contributed by atoms with Gasteiger partial charge in [0.15, 0.2) is 0 Å². The van der Waals surface area contributed by atoms with E-state index in [4.69, 9.17) is 19.8 Å². The van der Waals surface area contributed by atoms with E-state index in [0.29, 0.717) is 0 Å². The molecule has 0 fully saturated rings. The van der Waals surface area contributed by atoms with Crippen molar-refractivity contribution in [2.24, 2.45) is 0 Å². The van der Waals surface area contributed by atoms with E-state index in [-0.39, 0.29) is 28.0 Å². The molecule has 0 spiro atoms. The van der Waals surface area contributed by atoms with E-state index < -0.39 is 11.9 Å². The summed E-state index contributed by atoms with van der Waals surface area (Å²) in [6.45, 7) is 0. The number of anilines is 2. The largest absolute Gasteiger partial charge is 2.00 e. The molecule has 0 aliphatic carbocycles. The Morgan fingerprint density at radius 2 is 1.18 bits per heavy atom. The van der Waals surface area contributed by atoms with E-state index in [1.54, 1.807) is 12.4 Å². The molecule has 2 heterocycles. The second kappa shape index (κ2) is 13.5. The minimum absolute atomic E-state index is 0. The van der Waals surface area contributed by atoms with Crippen molar-refractivity contribution in [2.45, 2.75) is 0 Å². The molecule has 0 aliphatic heterocycles. The van der Waals surface area contributed by atoms with Crippen molar-refractivity contribution < 1.29 is 47.8 Å². The Morgan fingerprint density at radius 3 is 1.41 bits per heavy atom. The number of carbonyl (C=O) groups excluding carboxylic acids is 2. The fraction of sp³-hybridized carbons (Fsp3) is 0. The van der Waals surface area contributed by atoms with Gasteiger partial charge >= 0.3 is 17.1 Å². The number of hydrogen-bond donors (Lipinski definition) is 1. The molecule has 2 rings (SSSR count). The van der Waals surface area contributed by atoms with Gasteiger partial charge in [0.1, 0.15) is 11.6 Å². The average Bonchev–Trinajstić information content (AvgIpc) is 2.41. The first kappa shape index (κ1) is 24.5. The van der Waals surface area contributed by atoms with Gasteiger partial charge in [0.2, 0.25) is 0 Å². The minimum atomic E-state index is -2.19. The topological polar surface area (TPSA) is 181 Å². The van der Waals surface area contributed by atoms with Gasteiger partial charge in [-0.2, -0.15) is 0 Å². The molecular weight excluding hydrogens is 346 g/mol. The van der Waals surface area contributed by atoms with Gasteiger partial charge in [-0.25, -0.2) is 9.97 Å². The Balaban J connectivity index is -0.000000355. The fourth-order valence-electron chi connectivity index (χ4n) is 1.00. The molecule has 123 valence electrons. The minimum Gasteiger partial charge on any atom is -0.543 e. The molecule has 0 atom stereocenters. The van der Waals surface area contributed by atoms with Gasteiger partial charge < -0.3 is 36.1 Å². The van der Waals surface area contributed by atoms with Crippen LogP contribution in [0.5, 0.6) is 0 Å². The molecule has 0 aliphatic rings. The molecule has 10 heteroatoms. The van der Waals surface area contributed by atoms with Crippen LogP contribution in [0.15, 0.2) is 48.8 Å². The van der Waals surface area contributed by atoms with Gasteiger partial charge in [0.25, 0.3) is 0 Å². The molecule has 9 nitrogen and oxygen atoms in total. The second-order valence-corrected chi connectivity index (χ2v) is 3.13. The number of carboxylic acid groups (broad SMARTS) is 2. The van der Waals surface area contributed by atoms with E-state index in [1.807, 2.05) is 36.4 Å². The Labute approximate surface area is 136 Å². The maximum atomic E-state index is 8.93. The van der Waals surface area contributed by atoms with Gasteiger partial charge in [-0.05, 0) is 24.3 Å². The van der Waals surface area contributed by atoms with Crippen molar-refractivity contribution >= 4 is 23.6 Å². The number of nitrogens with zero attached hydrogens (tertiary/aromatic N) is 2. The van der Waals surface area contributed by atoms with Crippen LogP contribution in [0.25, 0.3) is 0 Å². The fourth-order valence-corrected chi connectivity index (χ4v) is 1.00. The summed E-state index contributed by atoms with van der Waals surface area (Å²) in [5.74, 6) is -2.76. The van der Waals surface area contributed by atoms with Gasteiger partial charge in [0, 0.05) is 12.4 Å². The van der Waals surface area contributed by atoms with Gasteiger partial charge in [-0.15, -0.1) is 0 Å². The van der Waals surface area contributed by atoms with Crippen molar-refractivity contribution in [3.05, 3.63) is 48.8 Å². The molecule has 2 aromatic rings. The SMILES string of the molecule is O.O.O=C([O-])C(=O)[O-].[Cu+2].c1ccc(Nc2ccccn2)nc1. The predicted molar refractivity (Wildman–Crippen MR) is 69.0 cm³/mol. The number of carbonyl (C=O) groups is 2. The summed E-state index contributed by atoms with van der Waals surface area (Å²) in [6.07, 6.45) is 3.48. The number of aromatic nitrogens is 2. The number of hydrogen-bond acceptors (Lipinski definition) is 7. The molecular formula is C12H13CuN3O6. The number of nitrogens with one attached hydrogen (secondary N) is 1. The maximum absolute atomic E-state index is 8.93. The third kappa shape index (κ3) is 10.3. The molecule has 2 aromatic heterocycles. The van der Waals surface area contributed by atoms with E-state index in [2.05, 4.69) is 15.3 Å². The summed E-state index contributed by atoms with van der Waals surface area (Å²) in [5.41, 5.74) is 0. The maximum Gasteiger partial charge on any atom is 2.00 e. The Kier molecular flexibility index (Phi) is 15.0. The average molecular weight is 359 g/mol. The molecule has 1 radical (unpaired) electrons. The van der Waals surface area contributed by atoms with Crippen LogP contribution in [-0.2, 0) is 26.7 Å². The van der Waals surface area contributed by atoms with Crippen molar-refractivity contribution in [3.8, 4) is 0 Å². The smallest absolute Gasteiger partial charge is 0.543 e. The van der Waals surface area contributed by atoms with Gasteiger partial charge in [-0.1, -0.05) is 12.1 Å². The number of pyridine rings is 2. The van der Waals surface area contributed by atoms with Crippen LogP contribution in [0.3, 0.4) is 0 Å². The Morgan fingerprint density at radius 1 is 0.818 bits per heavy atom. The number of carboxylic acids is 2. The van der Waals surface area contributed by atoms with E-state index in [1.165, 1.54) is 0 Å². The van der Waals surface area contributed by atoms with Crippen LogP contribution >= 0.6 is 0 Å². The summed E-state index contributed by atoms with van der Waals surface area (Å²) in [4.78, 5) is 26.1. The summed E-state index contributed by atoms with van der Waals surface area (Å²) in [5, 5.41) is 20.9. The first-order valence-electron chi connectivity index (χ1n) is 5.11. The molecule has 22 heavy (non-hydrogen) atoms. The third-order valence-electron chi connectivity index (χ3n) is 1.75. The summed E-state index contributed by atoms with van der Waals surface area (Å²) in [6, 6.07) is 11.4. The zero-order valence-electron chi connectivity index (χ0n) is 10.9. The zero-order valence-corrected chi connectivity index (χ0v) is 11.9. The van der Waals surface area contributed by atoms with Gasteiger partial charge in [-0.3, -0.25) is 0 Å². The quantitative estimate of drug-likeness (QED) is 0.439. The van der Waals surface area contributed by atoms with Crippen molar-refractivity contribution in [1.82, 2.24) is 9.97 Å². The van der Waals surface area contributed by atoms with E-state index in [0.717, 1.165) is 11.6 Å². The van der Waals surface area contributed by atoms with Crippen LogP contribution in [0.4, 0.5) is 11.6 Å². The van der Waals surface area contributed by atoms with Crippen LogP contribution in [0.1, 0.15) is 0 Å². The first-order chi connectivity index (χ1) is 9.09. The standard InChI is InChI=1S/C10H9N3.C2H2O4.Cu.2H2O/c1-3-7-11-9(5-1)13-10-6-2-4-8-12-10;3-1(4)2(5)6;;;/h1-8H,(H,11,12,13);(H,3,4)(H,5,6);;2*1H2/q;;+2;;/p-2. The molecule has 0 unspecified atom stereocenters. The van der Waals surface area contributed by atoms with Crippen LogP contribution in [0, 0.1) is 0 Å². The molecule has 0 aromatic carbocycles. The second-order valence-electron chi connectivity index (χ2n) is 3.13. The number of aliphatic carboxylic acids is 2. The number of rotatable bonds is 2. The molecule has 5 N–H and O–H groups in total. The molecule has 0 saturated heterocycles. The van der Waals surface area contributed by atoms with Crippen LogP contribution in [0.2, 0.25) is 0 Å². The predicted octanol–water partition coefficient (Wildman–Crippen LogP) is -2.95. The Hall–Kier alpha value is -2.52. The summed E-state index contributed by atoms with van der Waals surface area (Å²) < 4.78 is 0. The molecule has 0 bridgehead atoms. The van der Waals surface area contributed by atoms with Gasteiger partial charge in [0.05, 0.1) is 11.9 Å². The summed E-state index contributed by atoms with van der Waals surface area (Å²) >= 11 is 0. The van der Waals surface area contributed by atoms with Crippen molar-refractivity contribution in [2.75, 3.05) is 5.32 Å². The third-order valence-corrected chi connectivity index (χ3v) is 1.75. The van der Waals surface area contributed by atoms with E-state index >= 15 is 0 Å². The molecule has 0 saturated carbocycles. The van der Waals surface area contributed by atoms with Crippen molar-refractivity contribution in [3.63, 3.8) is 0 Å². The Bertz CT molecular complexity index is 492. The molecule has 0 amide bonds. The first-order valence-corrected chi connectivity index (χ1v) is 5.11. The summed E-state index contributed by atoms with van der Waals surface area (Å²) in [7, 11) is 0.